The monoisotopic (exact) mass is 330 g/mol. The van der Waals surface area contributed by atoms with Crippen molar-refractivity contribution in [1.82, 2.24) is 15.2 Å². The minimum Gasteiger partial charge on any atom is -0.361 e. The molecule has 1 N–H and O–H groups in total. The molecule has 3 aromatic rings. The minimum atomic E-state index is -0.262. The maximum absolute atomic E-state index is 14.3. The lowest BCUT2D eigenvalue weighted by Gasteiger charge is -2.17. The SMILES string of the molecule is Cc1cccc([C@@H](C)Nc2nnc(C)c3cnc(Cl)cc23)c1F. The highest BCUT2D eigenvalue weighted by atomic mass is 35.5. The fraction of sp³-hybridized carbons (Fsp3) is 0.235. The molecule has 0 bridgehead atoms. The van der Waals surface area contributed by atoms with Crippen molar-refractivity contribution in [2.24, 2.45) is 0 Å². The highest BCUT2D eigenvalue weighted by molar-refractivity contribution is 6.30. The maximum Gasteiger partial charge on any atom is 0.157 e. The van der Waals surface area contributed by atoms with Gasteiger partial charge in [-0.25, -0.2) is 9.37 Å². The number of anilines is 1. The molecule has 1 aromatic carbocycles. The van der Waals surface area contributed by atoms with Crippen molar-refractivity contribution in [3.05, 3.63) is 58.3 Å². The quantitative estimate of drug-likeness (QED) is 0.713. The largest absolute Gasteiger partial charge is 0.361 e. The number of pyridine rings is 1. The van der Waals surface area contributed by atoms with Gasteiger partial charge in [-0.1, -0.05) is 29.8 Å². The van der Waals surface area contributed by atoms with E-state index in [-0.39, 0.29) is 11.9 Å². The molecule has 23 heavy (non-hydrogen) atoms. The summed E-state index contributed by atoms with van der Waals surface area (Å²) in [6, 6.07) is 6.82. The molecular weight excluding hydrogens is 315 g/mol. The molecule has 118 valence electrons. The summed E-state index contributed by atoms with van der Waals surface area (Å²) in [7, 11) is 0. The van der Waals surface area contributed by atoms with Crippen molar-refractivity contribution in [2.75, 3.05) is 5.32 Å². The molecule has 3 rings (SSSR count). The van der Waals surface area contributed by atoms with Gasteiger partial charge < -0.3 is 5.32 Å². The maximum atomic E-state index is 14.3. The summed E-state index contributed by atoms with van der Waals surface area (Å²) >= 11 is 6.00. The van der Waals surface area contributed by atoms with Crippen molar-refractivity contribution in [2.45, 2.75) is 26.8 Å². The molecule has 4 nitrogen and oxygen atoms in total. The second-order valence-electron chi connectivity index (χ2n) is 5.53. The van der Waals surface area contributed by atoms with E-state index < -0.39 is 0 Å². The predicted octanol–water partition coefficient (Wildman–Crippen LogP) is 4.61. The lowest BCUT2D eigenvalue weighted by molar-refractivity contribution is 0.591. The van der Waals surface area contributed by atoms with Crippen LogP contribution in [0.4, 0.5) is 10.2 Å². The van der Waals surface area contributed by atoms with Crippen molar-refractivity contribution in [3.8, 4) is 0 Å². The molecule has 0 radical (unpaired) electrons. The van der Waals surface area contributed by atoms with E-state index in [1.165, 1.54) is 0 Å². The Morgan fingerprint density at radius 1 is 1.17 bits per heavy atom. The Balaban J connectivity index is 2.03. The number of fused-ring (bicyclic) bond motifs is 1. The Bertz CT molecular complexity index is 882. The van der Waals surface area contributed by atoms with Crippen LogP contribution in [0.3, 0.4) is 0 Å². The lowest BCUT2D eigenvalue weighted by atomic mass is 10.0. The van der Waals surface area contributed by atoms with Gasteiger partial charge in [-0.3, -0.25) is 0 Å². The van der Waals surface area contributed by atoms with Crippen LogP contribution in [-0.2, 0) is 0 Å². The van der Waals surface area contributed by atoms with Gasteiger partial charge in [0.15, 0.2) is 5.82 Å². The third kappa shape index (κ3) is 2.97. The molecule has 2 heterocycles. The number of halogens is 2. The molecule has 6 heteroatoms. The summed E-state index contributed by atoms with van der Waals surface area (Å²) in [6.07, 6.45) is 1.67. The van der Waals surface area contributed by atoms with Crippen LogP contribution in [0.25, 0.3) is 10.8 Å². The van der Waals surface area contributed by atoms with E-state index in [0.29, 0.717) is 22.1 Å². The van der Waals surface area contributed by atoms with Gasteiger partial charge >= 0.3 is 0 Å². The van der Waals surface area contributed by atoms with Crippen LogP contribution in [-0.4, -0.2) is 15.2 Å². The number of rotatable bonds is 3. The first-order valence-electron chi connectivity index (χ1n) is 7.27. The number of hydrogen-bond acceptors (Lipinski definition) is 4. The highest BCUT2D eigenvalue weighted by Gasteiger charge is 2.15. The zero-order chi connectivity index (χ0) is 16.6. The Morgan fingerprint density at radius 2 is 1.96 bits per heavy atom. The van der Waals surface area contributed by atoms with Gasteiger partial charge in [-0.2, -0.15) is 5.10 Å². The van der Waals surface area contributed by atoms with Crippen LogP contribution < -0.4 is 5.32 Å². The number of aryl methyl sites for hydroxylation is 2. The fourth-order valence-corrected chi connectivity index (χ4v) is 2.70. The molecule has 0 saturated heterocycles. The third-order valence-corrected chi connectivity index (χ3v) is 4.06. The summed E-state index contributed by atoms with van der Waals surface area (Å²) < 4.78 is 14.3. The number of hydrogen-bond donors (Lipinski definition) is 1. The smallest absolute Gasteiger partial charge is 0.157 e. The normalized spacial score (nSPS) is 12.4. The standard InChI is InChI=1S/C17H16ClFN4/c1-9-5-4-6-12(16(9)19)10(2)21-17-13-7-15(18)20-8-14(13)11(3)22-23-17/h4-8,10H,1-3H3,(H,21,23)/t10-/m1/s1. The highest BCUT2D eigenvalue weighted by Crippen LogP contribution is 2.28. The molecule has 1 atom stereocenters. The van der Waals surface area contributed by atoms with Gasteiger partial charge in [0.1, 0.15) is 11.0 Å². The summed E-state index contributed by atoms with van der Waals surface area (Å²) in [5.74, 6) is 0.347. The van der Waals surface area contributed by atoms with E-state index in [9.17, 15) is 4.39 Å². The zero-order valence-corrected chi connectivity index (χ0v) is 13.8. The van der Waals surface area contributed by atoms with Crippen LogP contribution in [0.15, 0.2) is 30.5 Å². The molecule has 2 aromatic heterocycles. The van der Waals surface area contributed by atoms with Crippen molar-refractivity contribution in [1.29, 1.82) is 0 Å². The third-order valence-electron chi connectivity index (χ3n) is 3.86. The molecule has 0 aliphatic heterocycles. The molecule has 0 aliphatic carbocycles. The van der Waals surface area contributed by atoms with E-state index >= 15 is 0 Å². The predicted molar refractivity (Wildman–Crippen MR) is 90.3 cm³/mol. The first-order valence-corrected chi connectivity index (χ1v) is 7.65. The Labute approximate surface area is 138 Å². The Morgan fingerprint density at radius 3 is 2.74 bits per heavy atom. The van der Waals surface area contributed by atoms with Crippen LogP contribution in [0.1, 0.15) is 29.8 Å². The molecule has 0 amide bonds. The van der Waals surface area contributed by atoms with Gasteiger partial charge in [0.2, 0.25) is 0 Å². The van der Waals surface area contributed by atoms with Crippen LogP contribution in [0, 0.1) is 19.7 Å². The Kier molecular flexibility index (Phi) is 4.13. The lowest BCUT2D eigenvalue weighted by Crippen LogP contribution is -2.11. The average molecular weight is 331 g/mol. The van der Waals surface area contributed by atoms with E-state index in [0.717, 1.165) is 16.5 Å². The van der Waals surface area contributed by atoms with Crippen LogP contribution >= 0.6 is 11.6 Å². The molecule has 0 spiro atoms. The van der Waals surface area contributed by atoms with Crippen molar-refractivity contribution >= 4 is 28.2 Å². The summed E-state index contributed by atoms with van der Waals surface area (Å²) in [4.78, 5) is 4.08. The first kappa shape index (κ1) is 15.6. The second-order valence-corrected chi connectivity index (χ2v) is 5.92. The van der Waals surface area contributed by atoms with Gasteiger partial charge in [0, 0.05) is 22.5 Å². The average Bonchev–Trinajstić information content (AvgIpc) is 2.52. The van der Waals surface area contributed by atoms with E-state index in [1.807, 2.05) is 19.9 Å². The number of nitrogens with zero attached hydrogens (tertiary/aromatic N) is 3. The molecule has 0 aliphatic rings. The summed E-state index contributed by atoms with van der Waals surface area (Å²) in [6.45, 7) is 5.49. The zero-order valence-electron chi connectivity index (χ0n) is 13.1. The molecule has 0 saturated carbocycles. The van der Waals surface area contributed by atoms with Crippen LogP contribution in [0.2, 0.25) is 5.15 Å². The number of aromatic nitrogens is 3. The minimum absolute atomic E-state index is 0.212. The summed E-state index contributed by atoms with van der Waals surface area (Å²) in [5, 5.41) is 13.6. The summed E-state index contributed by atoms with van der Waals surface area (Å²) in [5.41, 5.74) is 1.97. The van der Waals surface area contributed by atoms with Gasteiger partial charge in [-0.05, 0) is 32.4 Å². The number of nitrogens with one attached hydrogen (secondary N) is 1. The van der Waals surface area contributed by atoms with E-state index in [4.69, 9.17) is 11.6 Å². The van der Waals surface area contributed by atoms with Gasteiger partial charge in [0.25, 0.3) is 0 Å². The van der Waals surface area contributed by atoms with Crippen molar-refractivity contribution in [3.63, 3.8) is 0 Å². The van der Waals surface area contributed by atoms with Gasteiger partial charge in [-0.15, -0.1) is 5.10 Å². The number of benzene rings is 1. The van der Waals surface area contributed by atoms with E-state index in [2.05, 4.69) is 20.5 Å². The Hall–Kier alpha value is -2.27. The molecule has 0 unspecified atom stereocenters. The fourth-order valence-electron chi connectivity index (χ4n) is 2.54. The van der Waals surface area contributed by atoms with Crippen LogP contribution in [0.5, 0.6) is 0 Å². The van der Waals surface area contributed by atoms with Crippen molar-refractivity contribution < 1.29 is 4.39 Å². The first-order chi connectivity index (χ1) is 11.0. The topological polar surface area (TPSA) is 50.7 Å². The van der Waals surface area contributed by atoms with E-state index in [1.54, 1.807) is 31.3 Å². The second kappa shape index (κ2) is 6.08. The molecular formula is C17H16ClFN4. The van der Waals surface area contributed by atoms with Gasteiger partial charge in [0.05, 0.1) is 11.7 Å². The molecule has 0 fully saturated rings.